The van der Waals surface area contributed by atoms with Crippen molar-refractivity contribution < 1.29 is 19.8 Å². The quantitative estimate of drug-likeness (QED) is 0.573. The van der Waals surface area contributed by atoms with E-state index in [9.17, 15) is 40.5 Å². The van der Waals surface area contributed by atoms with Crippen LogP contribution < -0.4 is 5.01 Å². The first-order chi connectivity index (χ1) is 9.59. The highest BCUT2D eigenvalue weighted by molar-refractivity contribution is 5.80. The van der Waals surface area contributed by atoms with E-state index in [1.165, 1.54) is 0 Å². The summed E-state index contributed by atoms with van der Waals surface area (Å²) in [5, 5.41) is 42.4. The first-order valence-corrected chi connectivity index (χ1v) is 5.08. The average Bonchev–Trinajstić information content (AvgIpc) is 2.35. The van der Waals surface area contributed by atoms with Crippen LogP contribution in [-0.4, -0.2) is 26.8 Å². The first-order valence-electron chi connectivity index (χ1n) is 5.08. The standard InChI is InChI=1S/C8H7N5O8/c1-4-5(10(14)15)3-6(11(16)17)8(7(4)12(18)19)9(2)13(20)21/h3H,1-2H3. The van der Waals surface area contributed by atoms with E-state index in [-0.39, 0.29) is 5.01 Å². The van der Waals surface area contributed by atoms with E-state index in [4.69, 9.17) is 0 Å². The molecule has 1 aromatic rings. The van der Waals surface area contributed by atoms with Gasteiger partial charge in [0.1, 0.15) is 5.56 Å². The lowest BCUT2D eigenvalue weighted by Gasteiger charge is -2.10. The predicted molar refractivity (Wildman–Crippen MR) is 66.5 cm³/mol. The van der Waals surface area contributed by atoms with E-state index in [2.05, 4.69) is 0 Å². The van der Waals surface area contributed by atoms with Gasteiger partial charge in [-0.15, -0.1) is 0 Å². The smallest absolute Gasteiger partial charge is 0.258 e. The van der Waals surface area contributed by atoms with Crippen molar-refractivity contribution in [3.8, 4) is 0 Å². The third-order valence-electron chi connectivity index (χ3n) is 2.62. The maximum Gasteiger partial charge on any atom is 0.315 e. The molecule has 0 aliphatic carbocycles. The minimum absolute atomic E-state index is 0.0764. The molecule has 13 nitrogen and oxygen atoms in total. The van der Waals surface area contributed by atoms with E-state index in [0.717, 1.165) is 14.0 Å². The number of hydrogen-bond donors (Lipinski definition) is 0. The lowest BCUT2D eigenvalue weighted by atomic mass is 10.1. The van der Waals surface area contributed by atoms with Crippen LogP contribution in [0, 0.1) is 47.4 Å². The Hall–Kier alpha value is -3.38. The summed E-state index contributed by atoms with van der Waals surface area (Å²) < 4.78 is 0. The molecule has 0 atom stereocenters. The zero-order valence-electron chi connectivity index (χ0n) is 10.6. The number of hydrazine groups is 1. The monoisotopic (exact) mass is 301 g/mol. The Morgan fingerprint density at radius 1 is 0.905 bits per heavy atom. The molecular formula is C8H7N5O8. The molecule has 0 amide bonds. The van der Waals surface area contributed by atoms with Gasteiger partial charge in [0.2, 0.25) is 0 Å². The number of rotatable bonds is 5. The van der Waals surface area contributed by atoms with Crippen molar-refractivity contribution in [1.29, 1.82) is 0 Å². The number of anilines is 1. The summed E-state index contributed by atoms with van der Waals surface area (Å²) in [6, 6.07) is 0.456. The van der Waals surface area contributed by atoms with Gasteiger partial charge < -0.3 is 0 Å². The number of benzene rings is 1. The van der Waals surface area contributed by atoms with E-state index in [1.54, 1.807) is 0 Å². The molecule has 0 radical (unpaired) electrons. The van der Waals surface area contributed by atoms with Gasteiger partial charge in [-0.2, -0.15) is 0 Å². The molecule has 0 heterocycles. The number of nitro groups is 4. The highest BCUT2D eigenvalue weighted by Gasteiger charge is 2.40. The maximum absolute atomic E-state index is 11.0. The predicted octanol–water partition coefficient (Wildman–Crippen LogP) is 1.35. The highest BCUT2D eigenvalue weighted by Crippen LogP contribution is 2.43. The van der Waals surface area contributed by atoms with Gasteiger partial charge >= 0.3 is 11.4 Å². The van der Waals surface area contributed by atoms with Crippen LogP contribution in [0.2, 0.25) is 0 Å². The molecule has 0 spiro atoms. The Morgan fingerprint density at radius 2 is 1.38 bits per heavy atom. The molecule has 1 rings (SSSR count). The molecule has 0 saturated carbocycles. The summed E-state index contributed by atoms with van der Waals surface area (Å²) >= 11 is 0. The lowest BCUT2D eigenvalue weighted by Crippen LogP contribution is -2.26. The van der Waals surface area contributed by atoms with E-state index in [0.29, 0.717) is 6.07 Å². The SMILES string of the molecule is Cc1c([N+](=O)[O-])cc([N+](=O)[O-])c(N(C)[N+](=O)[O-])c1[N+](=O)[O-]. The third-order valence-corrected chi connectivity index (χ3v) is 2.62. The summed E-state index contributed by atoms with van der Waals surface area (Å²) in [5.41, 5.74) is -4.47. The van der Waals surface area contributed by atoms with Gasteiger partial charge in [-0.05, 0) is 6.92 Å². The summed E-state index contributed by atoms with van der Waals surface area (Å²) in [5.74, 6) is 0. The Bertz CT molecular complexity index is 671. The number of nitrogens with zero attached hydrogens (tertiary/aromatic N) is 5. The van der Waals surface area contributed by atoms with Crippen LogP contribution in [0.1, 0.15) is 5.56 Å². The highest BCUT2D eigenvalue weighted by atomic mass is 16.7. The van der Waals surface area contributed by atoms with Gasteiger partial charge in [0.05, 0.1) is 27.9 Å². The fourth-order valence-electron chi connectivity index (χ4n) is 1.68. The molecule has 0 bridgehead atoms. The van der Waals surface area contributed by atoms with Gasteiger partial charge in [-0.3, -0.25) is 30.3 Å². The van der Waals surface area contributed by atoms with Crippen LogP contribution in [0.3, 0.4) is 0 Å². The molecule has 112 valence electrons. The van der Waals surface area contributed by atoms with E-state index in [1.807, 2.05) is 0 Å². The van der Waals surface area contributed by atoms with Crippen molar-refractivity contribution in [3.63, 3.8) is 0 Å². The molecule has 13 heteroatoms. The average molecular weight is 301 g/mol. The van der Waals surface area contributed by atoms with E-state index >= 15 is 0 Å². The van der Waals surface area contributed by atoms with Crippen LogP contribution in [0.15, 0.2) is 6.07 Å². The zero-order chi connectivity index (χ0) is 16.5. The largest absolute Gasteiger partial charge is 0.315 e. The van der Waals surface area contributed by atoms with Crippen molar-refractivity contribution in [3.05, 3.63) is 52.1 Å². The molecule has 0 saturated heterocycles. The minimum atomic E-state index is -1.16. The molecule has 1 aromatic carbocycles. The molecule has 21 heavy (non-hydrogen) atoms. The summed E-state index contributed by atoms with van der Waals surface area (Å²) in [7, 11) is 0.764. The molecule has 0 aliphatic heterocycles. The Balaban J connectivity index is 3.94. The van der Waals surface area contributed by atoms with Crippen LogP contribution in [0.5, 0.6) is 0 Å². The number of hydrogen-bond acceptors (Lipinski definition) is 8. The van der Waals surface area contributed by atoms with Crippen LogP contribution in [0.25, 0.3) is 0 Å². The molecule has 0 aromatic heterocycles. The van der Waals surface area contributed by atoms with Gasteiger partial charge in [-0.1, -0.05) is 5.01 Å². The minimum Gasteiger partial charge on any atom is -0.258 e. The van der Waals surface area contributed by atoms with Crippen LogP contribution in [0.4, 0.5) is 22.7 Å². The second kappa shape index (κ2) is 5.32. The molecule has 0 N–H and O–H groups in total. The third kappa shape index (κ3) is 2.65. The first kappa shape index (κ1) is 15.7. The fraction of sp³-hybridized carbons (Fsp3) is 0.250. The van der Waals surface area contributed by atoms with Gasteiger partial charge in [0, 0.05) is 0 Å². The van der Waals surface area contributed by atoms with Crippen molar-refractivity contribution in [2.24, 2.45) is 0 Å². The summed E-state index contributed by atoms with van der Waals surface area (Å²) in [4.78, 5) is 40.2. The zero-order valence-corrected chi connectivity index (χ0v) is 10.6. The summed E-state index contributed by atoms with van der Waals surface area (Å²) in [6.45, 7) is 0.983. The molecular weight excluding hydrogens is 294 g/mol. The van der Waals surface area contributed by atoms with Crippen LogP contribution in [-0.2, 0) is 0 Å². The van der Waals surface area contributed by atoms with Crippen molar-refractivity contribution >= 4 is 22.7 Å². The van der Waals surface area contributed by atoms with Crippen molar-refractivity contribution in [2.75, 3.05) is 12.1 Å². The van der Waals surface area contributed by atoms with Crippen molar-refractivity contribution in [2.45, 2.75) is 6.92 Å². The van der Waals surface area contributed by atoms with Crippen LogP contribution >= 0.6 is 0 Å². The fourth-order valence-corrected chi connectivity index (χ4v) is 1.68. The van der Waals surface area contributed by atoms with Gasteiger partial charge in [0.25, 0.3) is 11.4 Å². The summed E-state index contributed by atoms with van der Waals surface area (Å²) in [6.07, 6.45) is 0. The normalized spacial score (nSPS) is 10.0. The number of nitro benzene ring substituents is 3. The molecule has 0 fully saturated rings. The Morgan fingerprint density at radius 3 is 1.71 bits per heavy atom. The topological polar surface area (TPSA) is 176 Å². The van der Waals surface area contributed by atoms with Gasteiger partial charge in [-0.25, -0.2) is 10.1 Å². The molecule has 0 aliphatic rings. The van der Waals surface area contributed by atoms with Crippen molar-refractivity contribution in [1.82, 2.24) is 0 Å². The maximum atomic E-state index is 11.0. The second-order valence-corrected chi connectivity index (χ2v) is 3.77. The van der Waals surface area contributed by atoms with Gasteiger partial charge in [0.15, 0.2) is 5.03 Å². The lowest BCUT2D eigenvalue weighted by molar-refractivity contribution is -0.493. The Kier molecular flexibility index (Phi) is 3.97. The second-order valence-electron chi connectivity index (χ2n) is 3.77. The Labute approximate surface area is 115 Å². The van der Waals surface area contributed by atoms with E-state index < -0.39 is 48.1 Å². The molecule has 0 unspecified atom stereocenters.